The minimum Gasteiger partial charge on any atom is -0.378 e. The van der Waals surface area contributed by atoms with Crippen molar-refractivity contribution in [2.45, 2.75) is 12.5 Å². The zero-order valence-electron chi connectivity index (χ0n) is 18.0. The Morgan fingerprint density at radius 3 is 2.88 bits per heavy atom. The Bertz CT molecular complexity index is 1250. The number of morpholine rings is 1. The molecule has 9 heteroatoms. The van der Waals surface area contributed by atoms with Crippen LogP contribution in [0.2, 0.25) is 5.02 Å². The van der Waals surface area contributed by atoms with Gasteiger partial charge in [-0.15, -0.1) is 0 Å². The van der Waals surface area contributed by atoms with E-state index in [1.807, 2.05) is 12.1 Å². The summed E-state index contributed by atoms with van der Waals surface area (Å²) in [7, 11) is 0. The van der Waals surface area contributed by atoms with Gasteiger partial charge in [0.1, 0.15) is 11.3 Å². The molecule has 0 unspecified atom stereocenters. The second-order valence-corrected chi connectivity index (χ2v) is 9.37. The maximum Gasteiger partial charge on any atom is 0.223 e. The van der Waals surface area contributed by atoms with Crippen LogP contribution in [0.3, 0.4) is 0 Å². The molecule has 2 bridgehead atoms. The van der Waals surface area contributed by atoms with Crippen molar-refractivity contribution in [3.63, 3.8) is 0 Å². The van der Waals surface area contributed by atoms with E-state index < -0.39 is 0 Å². The number of nitrogens with one attached hydrogen (secondary N) is 2. The van der Waals surface area contributed by atoms with Crippen LogP contribution in [-0.2, 0) is 9.53 Å². The Labute approximate surface area is 196 Å². The van der Waals surface area contributed by atoms with E-state index in [0.29, 0.717) is 16.4 Å². The van der Waals surface area contributed by atoms with Gasteiger partial charge >= 0.3 is 0 Å². The van der Waals surface area contributed by atoms with Crippen LogP contribution in [0, 0.1) is 17.8 Å². The number of carbonyl (C=O) groups is 1. The van der Waals surface area contributed by atoms with Crippen LogP contribution >= 0.6 is 11.6 Å². The lowest BCUT2D eigenvalue weighted by molar-refractivity contribution is -0.122. The van der Waals surface area contributed by atoms with Crippen molar-refractivity contribution in [2.24, 2.45) is 23.5 Å². The fourth-order valence-corrected chi connectivity index (χ4v) is 5.65. The summed E-state index contributed by atoms with van der Waals surface area (Å²) in [6.45, 7) is 3.20. The predicted octanol–water partition coefficient (Wildman–Crippen LogP) is 3.20. The first-order valence-corrected chi connectivity index (χ1v) is 11.7. The van der Waals surface area contributed by atoms with Gasteiger partial charge in [0.05, 0.1) is 36.0 Å². The van der Waals surface area contributed by atoms with Crippen LogP contribution in [-0.4, -0.2) is 53.2 Å². The summed E-state index contributed by atoms with van der Waals surface area (Å²) in [5.74, 6) is 0.612. The number of nitrogens with two attached hydrogens (primary N) is 1. The highest BCUT2D eigenvalue weighted by Gasteiger charge is 2.47. The van der Waals surface area contributed by atoms with Gasteiger partial charge in [-0.3, -0.25) is 4.79 Å². The van der Waals surface area contributed by atoms with E-state index in [1.54, 1.807) is 6.20 Å². The molecule has 1 saturated carbocycles. The molecule has 2 aliphatic carbocycles. The van der Waals surface area contributed by atoms with Crippen LogP contribution in [0.15, 0.2) is 42.6 Å². The van der Waals surface area contributed by atoms with E-state index in [1.165, 1.54) is 0 Å². The first kappa shape index (κ1) is 20.5. The van der Waals surface area contributed by atoms with Crippen molar-refractivity contribution in [1.82, 2.24) is 15.0 Å². The lowest BCUT2D eigenvalue weighted by atomic mass is 9.88. The number of hydrogen-bond acceptors (Lipinski definition) is 6. The number of H-pyrrole nitrogens is 1. The number of allylic oxidation sites excluding steroid dienone is 1. The Balaban J connectivity index is 1.35. The molecule has 170 valence electrons. The van der Waals surface area contributed by atoms with Gasteiger partial charge in [0, 0.05) is 30.4 Å². The van der Waals surface area contributed by atoms with Gasteiger partial charge in [0.2, 0.25) is 5.91 Å². The molecular weight excluding hydrogens is 440 g/mol. The summed E-state index contributed by atoms with van der Waals surface area (Å²) in [5, 5.41) is 4.01. The molecule has 3 heterocycles. The minimum absolute atomic E-state index is 0.100. The molecule has 2 fully saturated rings. The minimum atomic E-state index is -0.281. The highest BCUT2D eigenvalue weighted by atomic mass is 35.5. The van der Waals surface area contributed by atoms with Crippen LogP contribution < -0.4 is 16.0 Å². The number of fused-ring (bicyclic) bond motifs is 3. The molecule has 1 aliphatic heterocycles. The van der Waals surface area contributed by atoms with Gasteiger partial charge in [-0.25, -0.2) is 9.97 Å². The maximum atomic E-state index is 12.2. The molecular formula is C24H25ClN6O2. The Hall–Kier alpha value is -3.10. The Kier molecular flexibility index (Phi) is 4.99. The highest BCUT2D eigenvalue weighted by molar-refractivity contribution is 6.34. The summed E-state index contributed by atoms with van der Waals surface area (Å²) in [5.41, 5.74) is 9.86. The van der Waals surface area contributed by atoms with E-state index in [2.05, 4.69) is 44.5 Å². The highest BCUT2D eigenvalue weighted by Crippen LogP contribution is 2.46. The normalized spacial score (nSPS) is 26.3. The summed E-state index contributed by atoms with van der Waals surface area (Å²) >= 11 is 6.57. The number of anilines is 2. The molecule has 2 aromatic heterocycles. The second-order valence-electron chi connectivity index (χ2n) is 8.96. The molecule has 1 aromatic carbocycles. The van der Waals surface area contributed by atoms with E-state index in [-0.39, 0.29) is 29.7 Å². The Morgan fingerprint density at radius 2 is 2.06 bits per heavy atom. The maximum absolute atomic E-state index is 12.2. The molecule has 6 rings (SSSR count). The van der Waals surface area contributed by atoms with Gasteiger partial charge in [-0.1, -0.05) is 35.9 Å². The molecule has 8 nitrogen and oxygen atoms in total. The van der Waals surface area contributed by atoms with Gasteiger partial charge in [0.15, 0.2) is 5.65 Å². The summed E-state index contributed by atoms with van der Waals surface area (Å²) in [6, 6.07) is 8.19. The largest absolute Gasteiger partial charge is 0.378 e. The van der Waals surface area contributed by atoms with Crippen molar-refractivity contribution < 1.29 is 9.53 Å². The van der Waals surface area contributed by atoms with Crippen molar-refractivity contribution in [3.05, 3.63) is 47.6 Å². The van der Waals surface area contributed by atoms with Crippen LogP contribution in [0.1, 0.15) is 6.42 Å². The molecule has 3 aliphatic rings. The molecule has 1 saturated heterocycles. The molecule has 4 atom stereocenters. The third kappa shape index (κ3) is 3.54. The first-order chi connectivity index (χ1) is 16.1. The SMILES string of the molecule is NC(=O)[C@H]1[C@@H](Nc2c(Cl)cnc3nc(-c4cccc(N5CCOCC5)c4)[nH]c23)[C@H]2C=C[C@H]1C2. The number of pyridine rings is 1. The molecule has 0 spiro atoms. The molecule has 33 heavy (non-hydrogen) atoms. The number of hydrogen-bond donors (Lipinski definition) is 3. The van der Waals surface area contributed by atoms with Crippen molar-refractivity contribution in [3.8, 4) is 11.4 Å². The number of rotatable bonds is 5. The quantitative estimate of drug-likeness (QED) is 0.500. The van der Waals surface area contributed by atoms with E-state index in [0.717, 1.165) is 55.3 Å². The number of imidazole rings is 1. The summed E-state index contributed by atoms with van der Waals surface area (Å²) < 4.78 is 5.47. The monoisotopic (exact) mass is 464 g/mol. The van der Waals surface area contributed by atoms with Gasteiger partial charge in [0.25, 0.3) is 0 Å². The molecule has 3 aromatic rings. The number of aromatic amines is 1. The molecule has 1 amide bonds. The number of nitrogens with zero attached hydrogens (tertiary/aromatic N) is 3. The van der Waals surface area contributed by atoms with Gasteiger partial charge < -0.3 is 25.7 Å². The van der Waals surface area contributed by atoms with E-state index >= 15 is 0 Å². The van der Waals surface area contributed by atoms with Crippen LogP contribution in [0.5, 0.6) is 0 Å². The zero-order valence-corrected chi connectivity index (χ0v) is 18.8. The second kappa shape index (κ2) is 8.04. The fourth-order valence-electron chi connectivity index (χ4n) is 5.46. The third-order valence-corrected chi connectivity index (χ3v) is 7.35. The molecule has 4 N–H and O–H groups in total. The smallest absolute Gasteiger partial charge is 0.223 e. The summed E-state index contributed by atoms with van der Waals surface area (Å²) in [6.07, 6.45) is 6.81. The number of amides is 1. The van der Waals surface area contributed by atoms with Gasteiger partial charge in [-0.2, -0.15) is 0 Å². The van der Waals surface area contributed by atoms with Crippen LogP contribution in [0.4, 0.5) is 11.4 Å². The van der Waals surface area contributed by atoms with Crippen LogP contribution in [0.25, 0.3) is 22.6 Å². The number of ether oxygens (including phenoxy) is 1. The topological polar surface area (TPSA) is 109 Å². The van der Waals surface area contributed by atoms with E-state index in [9.17, 15) is 4.79 Å². The lowest BCUT2D eigenvalue weighted by Crippen LogP contribution is -2.41. The third-order valence-electron chi connectivity index (χ3n) is 7.07. The Morgan fingerprint density at radius 1 is 1.24 bits per heavy atom. The predicted molar refractivity (Wildman–Crippen MR) is 128 cm³/mol. The zero-order chi connectivity index (χ0) is 22.5. The lowest BCUT2D eigenvalue weighted by Gasteiger charge is -2.29. The number of aromatic nitrogens is 3. The average molecular weight is 465 g/mol. The molecule has 0 radical (unpaired) electrons. The first-order valence-electron chi connectivity index (χ1n) is 11.3. The van der Waals surface area contributed by atoms with Crippen molar-refractivity contribution in [1.29, 1.82) is 0 Å². The number of benzene rings is 1. The van der Waals surface area contributed by atoms with E-state index in [4.69, 9.17) is 27.1 Å². The van der Waals surface area contributed by atoms with Gasteiger partial charge in [-0.05, 0) is 30.4 Å². The van der Waals surface area contributed by atoms with Crippen molar-refractivity contribution in [2.75, 3.05) is 36.5 Å². The summed E-state index contributed by atoms with van der Waals surface area (Å²) in [4.78, 5) is 27.1. The number of halogens is 1. The number of carbonyl (C=O) groups excluding carboxylic acids is 1. The fraction of sp³-hybridized carbons (Fsp3) is 0.375. The average Bonchev–Trinajstić information content (AvgIpc) is 3.56. The van der Waals surface area contributed by atoms with Crippen molar-refractivity contribution >= 4 is 40.0 Å². The standard InChI is InChI=1S/C24H25ClN6O2/c25-17-12-27-24-21(20(17)28-19-14-5-4-13(10-14)18(19)22(26)32)29-23(30-24)15-2-1-3-16(11-15)31-6-8-33-9-7-31/h1-5,11-14,18-19H,6-10H2,(H2,26,32)(H2,27,28,29,30)/t13-,14-,18+,19-/m0/s1. The number of primary amides is 1.